The van der Waals surface area contributed by atoms with Gasteiger partial charge in [-0.2, -0.15) is 0 Å². The summed E-state index contributed by atoms with van der Waals surface area (Å²) in [5.41, 5.74) is 5.41. The maximum Gasteiger partial charge on any atom is 0.416 e. The fourth-order valence-corrected chi connectivity index (χ4v) is 5.33. The van der Waals surface area contributed by atoms with E-state index in [0.29, 0.717) is 35.4 Å². The van der Waals surface area contributed by atoms with Crippen LogP contribution in [-0.4, -0.2) is 35.9 Å². The molecular formula is C30H29ClN2O4. The molecule has 1 fully saturated rings. The second-order valence-electron chi connectivity index (χ2n) is 9.75. The summed E-state index contributed by atoms with van der Waals surface area (Å²) >= 11 is 6.32. The Hall–Kier alpha value is -3.48. The number of aromatic amines is 1. The number of fused-ring (bicyclic) bond motifs is 3. The van der Waals surface area contributed by atoms with Gasteiger partial charge in [0.25, 0.3) is 0 Å². The van der Waals surface area contributed by atoms with Crippen molar-refractivity contribution >= 4 is 28.6 Å². The van der Waals surface area contributed by atoms with Crippen LogP contribution in [0.4, 0.5) is 4.79 Å². The predicted molar refractivity (Wildman–Crippen MR) is 144 cm³/mol. The van der Waals surface area contributed by atoms with Gasteiger partial charge in [0, 0.05) is 35.3 Å². The molecule has 190 valence electrons. The first kappa shape index (κ1) is 23.9. The average Bonchev–Trinajstić information content (AvgIpc) is 3.70. The molecule has 0 spiro atoms. The summed E-state index contributed by atoms with van der Waals surface area (Å²) in [6.45, 7) is 2.36. The lowest BCUT2D eigenvalue weighted by Gasteiger charge is -2.35. The second kappa shape index (κ2) is 9.77. The van der Waals surface area contributed by atoms with E-state index in [0.717, 1.165) is 22.2 Å². The van der Waals surface area contributed by atoms with Crippen LogP contribution in [-0.2, 0) is 11.2 Å². The molecule has 7 heteroatoms. The summed E-state index contributed by atoms with van der Waals surface area (Å²) in [7, 11) is 1.60. The Morgan fingerprint density at radius 2 is 1.70 bits per heavy atom. The molecule has 1 aromatic heterocycles. The van der Waals surface area contributed by atoms with Crippen molar-refractivity contribution < 1.29 is 19.0 Å². The number of nitrogens with zero attached hydrogens (tertiary/aromatic N) is 1. The highest BCUT2D eigenvalue weighted by Crippen LogP contribution is 2.41. The molecule has 4 aromatic rings. The molecule has 2 heterocycles. The van der Waals surface area contributed by atoms with Crippen molar-refractivity contribution in [1.29, 1.82) is 0 Å². The summed E-state index contributed by atoms with van der Waals surface area (Å²) in [4.78, 5) is 18.9. The minimum Gasteiger partial charge on any atom is -0.465 e. The molecule has 2 atom stereocenters. The molecule has 2 aliphatic rings. The zero-order chi connectivity index (χ0) is 25.5. The summed E-state index contributed by atoms with van der Waals surface area (Å²) in [6, 6.07) is 21.2. The highest BCUT2D eigenvalue weighted by Gasteiger charge is 2.36. The normalized spacial score (nSPS) is 17.9. The number of benzene rings is 3. The van der Waals surface area contributed by atoms with E-state index < -0.39 is 0 Å². The van der Waals surface area contributed by atoms with Crippen LogP contribution in [0.15, 0.2) is 66.7 Å². The van der Waals surface area contributed by atoms with Crippen molar-refractivity contribution in [1.82, 2.24) is 9.88 Å². The van der Waals surface area contributed by atoms with Gasteiger partial charge in [-0.1, -0.05) is 35.9 Å². The van der Waals surface area contributed by atoms with Crippen LogP contribution in [0.3, 0.4) is 0 Å². The van der Waals surface area contributed by atoms with Crippen molar-refractivity contribution in [3.8, 4) is 11.5 Å². The Morgan fingerprint density at radius 3 is 2.41 bits per heavy atom. The van der Waals surface area contributed by atoms with E-state index in [2.05, 4.69) is 17.1 Å². The topological polar surface area (TPSA) is 63.8 Å². The molecule has 6 rings (SSSR count). The number of carbonyl (C=O) groups excluding carboxylic acids is 1. The van der Waals surface area contributed by atoms with Crippen LogP contribution in [0.2, 0.25) is 5.02 Å². The van der Waals surface area contributed by atoms with Gasteiger partial charge in [0.15, 0.2) is 6.29 Å². The van der Waals surface area contributed by atoms with Gasteiger partial charge in [-0.25, -0.2) is 4.79 Å². The number of aromatic nitrogens is 1. The number of nitrogens with one attached hydrogen (secondary N) is 1. The molecular weight excluding hydrogens is 488 g/mol. The quantitative estimate of drug-likeness (QED) is 0.275. The van der Waals surface area contributed by atoms with E-state index in [1.165, 1.54) is 24.0 Å². The van der Waals surface area contributed by atoms with E-state index >= 15 is 0 Å². The molecule has 1 aliphatic heterocycles. The molecule has 1 unspecified atom stereocenters. The van der Waals surface area contributed by atoms with Gasteiger partial charge in [0.2, 0.25) is 0 Å². The molecule has 1 saturated carbocycles. The van der Waals surface area contributed by atoms with Crippen molar-refractivity contribution in [3.63, 3.8) is 0 Å². The Balaban J connectivity index is 1.34. The zero-order valence-corrected chi connectivity index (χ0v) is 21.6. The van der Waals surface area contributed by atoms with Crippen molar-refractivity contribution in [2.45, 2.75) is 44.4 Å². The number of amides is 1. The maximum absolute atomic E-state index is 13.5. The molecule has 1 N–H and O–H groups in total. The summed E-state index contributed by atoms with van der Waals surface area (Å²) in [6.07, 6.45) is 2.44. The van der Waals surface area contributed by atoms with Crippen molar-refractivity contribution in [2.75, 3.05) is 13.7 Å². The third-order valence-electron chi connectivity index (χ3n) is 7.29. The van der Waals surface area contributed by atoms with Crippen LogP contribution in [0.25, 0.3) is 10.9 Å². The Bertz CT molecular complexity index is 1430. The van der Waals surface area contributed by atoms with Crippen LogP contribution >= 0.6 is 11.6 Å². The number of methoxy groups -OCH3 is 1. The fraction of sp³-hybridized carbons (Fsp3) is 0.300. The molecule has 3 aromatic carbocycles. The number of hydrogen-bond donors (Lipinski definition) is 1. The maximum atomic E-state index is 13.5. The SMILES string of the molecule is COC(C)Oc1ccc([C@H]2c3[nH]c4ccc(Cl)cc4c3CCN2C(=O)Oc2ccc(C3CC3)cc2)cc1. The summed E-state index contributed by atoms with van der Waals surface area (Å²) in [5, 5.41) is 1.78. The molecule has 37 heavy (non-hydrogen) atoms. The standard InChI is InChI=1S/C30H29ClN2O4/c1-18(35-2)36-23-12-7-21(8-13-23)29-28-25(26-17-22(31)9-14-27(26)32-28)15-16-33(29)30(34)37-24-10-5-20(6-11-24)19-3-4-19/h5-14,17-19,29,32H,3-4,15-16H2,1-2H3/t18?,29-/m0/s1. The summed E-state index contributed by atoms with van der Waals surface area (Å²) < 4.78 is 16.9. The first-order valence-electron chi connectivity index (χ1n) is 12.7. The molecule has 0 bridgehead atoms. The third-order valence-corrected chi connectivity index (χ3v) is 7.52. The van der Waals surface area contributed by atoms with Crippen LogP contribution in [0.1, 0.15) is 54.1 Å². The lowest BCUT2D eigenvalue weighted by Crippen LogP contribution is -2.42. The number of rotatable bonds is 6. The number of hydrogen-bond acceptors (Lipinski definition) is 4. The van der Waals surface area contributed by atoms with Gasteiger partial charge in [-0.3, -0.25) is 4.90 Å². The van der Waals surface area contributed by atoms with Crippen molar-refractivity contribution in [2.24, 2.45) is 0 Å². The minimum absolute atomic E-state index is 0.345. The minimum atomic E-state index is -0.375. The van der Waals surface area contributed by atoms with Gasteiger partial charge in [-0.05, 0) is 91.3 Å². The molecule has 1 aliphatic carbocycles. The van der Waals surface area contributed by atoms with Crippen LogP contribution < -0.4 is 9.47 Å². The molecule has 0 saturated heterocycles. The molecule has 0 radical (unpaired) electrons. The smallest absolute Gasteiger partial charge is 0.416 e. The fourth-order valence-electron chi connectivity index (χ4n) is 5.16. The molecule has 1 amide bonds. The lowest BCUT2D eigenvalue weighted by molar-refractivity contribution is -0.0382. The Labute approximate surface area is 221 Å². The van der Waals surface area contributed by atoms with Gasteiger partial charge >= 0.3 is 6.09 Å². The number of H-pyrrole nitrogens is 1. The Kier molecular flexibility index (Phi) is 6.31. The number of halogens is 1. The van der Waals surface area contributed by atoms with Crippen molar-refractivity contribution in [3.05, 3.63) is 94.1 Å². The lowest BCUT2D eigenvalue weighted by atomic mass is 9.92. The highest BCUT2D eigenvalue weighted by atomic mass is 35.5. The highest BCUT2D eigenvalue weighted by molar-refractivity contribution is 6.31. The van der Waals surface area contributed by atoms with E-state index in [9.17, 15) is 4.79 Å². The van der Waals surface area contributed by atoms with Crippen LogP contribution in [0, 0.1) is 0 Å². The van der Waals surface area contributed by atoms with E-state index in [4.69, 9.17) is 25.8 Å². The van der Waals surface area contributed by atoms with Gasteiger partial charge in [-0.15, -0.1) is 0 Å². The van der Waals surface area contributed by atoms with Gasteiger partial charge in [0.1, 0.15) is 17.5 Å². The second-order valence-corrected chi connectivity index (χ2v) is 10.2. The Morgan fingerprint density at radius 1 is 1.00 bits per heavy atom. The first-order chi connectivity index (χ1) is 18.0. The average molecular weight is 517 g/mol. The van der Waals surface area contributed by atoms with Gasteiger partial charge < -0.3 is 19.2 Å². The molecule has 6 nitrogen and oxygen atoms in total. The van der Waals surface area contributed by atoms with E-state index in [1.54, 1.807) is 12.0 Å². The van der Waals surface area contributed by atoms with Crippen LogP contribution in [0.5, 0.6) is 11.5 Å². The largest absolute Gasteiger partial charge is 0.465 e. The number of ether oxygens (including phenoxy) is 3. The zero-order valence-electron chi connectivity index (χ0n) is 20.9. The van der Waals surface area contributed by atoms with E-state index in [1.807, 2.05) is 61.5 Å². The predicted octanol–water partition coefficient (Wildman–Crippen LogP) is 7.22. The van der Waals surface area contributed by atoms with Gasteiger partial charge in [0.05, 0.1) is 0 Å². The first-order valence-corrected chi connectivity index (χ1v) is 13.1. The van der Waals surface area contributed by atoms with E-state index in [-0.39, 0.29) is 18.4 Å². The third kappa shape index (κ3) is 4.79. The summed E-state index contributed by atoms with van der Waals surface area (Å²) in [5.74, 6) is 1.91. The monoisotopic (exact) mass is 516 g/mol. The number of carbonyl (C=O) groups is 1.